The van der Waals surface area contributed by atoms with Crippen molar-refractivity contribution < 1.29 is 14.6 Å². The zero-order chi connectivity index (χ0) is 23.6. The van der Waals surface area contributed by atoms with E-state index in [1.807, 2.05) is 59.3 Å². The Labute approximate surface area is 210 Å². The number of esters is 1. The first-order valence-electron chi connectivity index (χ1n) is 10.2. The van der Waals surface area contributed by atoms with Crippen molar-refractivity contribution in [1.29, 1.82) is 0 Å². The molecule has 0 aliphatic carbocycles. The molecule has 0 aliphatic rings. The van der Waals surface area contributed by atoms with E-state index in [-0.39, 0.29) is 19.0 Å². The Kier molecular flexibility index (Phi) is 9.84. The van der Waals surface area contributed by atoms with Crippen molar-refractivity contribution in [3.8, 4) is 21.1 Å². The summed E-state index contributed by atoms with van der Waals surface area (Å²) in [6, 6.07) is 15.1. The fourth-order valence-electron chi connectivity index (χ4n) is 2.73. The minimum absolute atomic E-state index is 0.143. The number of aromatic nitrogens is 2. The Balaban J connectivity index is 0.000000189. The van der Waals surface area contributed by atoms with E-state index in [1.54, 1.807) is 18.3 Å². The number of nitrogens with zero attached hydrogens (tertiary/aromatic N) is 2. The number of halogens is 2. The van der Waals surface area contributed by atoms with Crippen molar-refractivity contribution in [3.63, 3.8) is 0 Å². The quantitative estimate of drug-likeness (QED) is 0.279. The lowest BCUT2D eigenvalue weighted by atomic mass is 10.2. The number of carbonyl (C=O) groups is 1. The van der Waals surface area contributed by atoms with Crippen molar-refractivity contribution in [2.45, 2.75) is 19.8 Å². The summed E-state index contributed by atoms with van der Waals surface area (Å²) in [6.45, 7) is 2.33. The molecule has 0 amide bonds. The van der Waals surface area contributed by atoms with E-state index >= 15 is 0 Å². The molecule has 0 atom stereocenters. The van der Waals surface area contributed by atoms with Gasteiger partial charge < -0.3 is 9.84 Å². The van der Waals surface area contributed by atoms with E-state index in [0.717, 1.165) is 37.6 Å². The molecule has 0 unspecified atom stereocenters. The van der Waals surface area contributed by atoms with E-state index in [0.29, 0.717) is 18.1 Å². The highest BCUT2D eigenvalue weighted by Gasteiger charge is 2.09. The van der Waals surface area contributed by atoms with Gasteiger partial charge in [0.15, 0.2) is 0 Å². The highest BCUT2D eigenvalue weighted by Crippen LogP contribution is 2.26. The van der Waals surface area contributed by atoms with Crippen LogP contribution in [0.2, 0.25) is 10.0 Å². The van der Waals surface area contributed by atoms with Gasteiger partial charge in [0, 0.05) is 45.0 Å². The SMILES string of the molecule is CCOC(=O)Cc1csc(-c2ccc(Cl)cc2)n1.OCCc1csc(-c2ccc(Cl)cc2)n1. The second-order valence-corrected chi connectivity index (χ2v) is 9.35. The van der Waals surface area contributed by atoms with Gasteiger partial charge in [-0.15, -0.1) is 22.7 Å². The van der Waals surface area contributed by atoms with Crippen LogP contribution in [0.25, 0.3) is 21.1 Å². The molecule has 5 nitrogen and oxygen atoms in total. The van der Waals surface area contributed by atoms with Crippen molar-refractivity contribution in [2.24, 2.45) is 0 Å². The second-order valence-electron chi connectivity index (χ2n) is 6.76. The van der Waals surface area contributed by atoms with E-state index in [9.17, 15) is 4.79 Å². The number of benzene rings is 2. The average molecular weight is 521 g/mol. The summed E-state index contributed by atoms with van der Waals surface area (Å²) in [5, 5.41) is 15.9. The predicted molar refractivity (Wildman–Crippen MR) is 136 cm³/mol. The van der Waals surface area contributed by atoms with Gasteiger partial charge in [0.2, 0.25) is 0 Å². The van der Waals surface area contributed by atoms with E-state index in [1.165, 1.54) is 11.3 Å². The van der Waals surface area contributed by atoms with Crippen LogP contribution in [-0.2, 0) is 22.4 Å². The summed E-state index contributed by atoms with van der Waals surface area (Å²) >= 11 is 14.7. The fourth-order valence-corrected chi connectivity index (χ4v) is 4.67. The maximum atomic E-state index is 11.3. The molecule has 0 radical (unpaired) electrons. The highest BCUT2D eigenvalue weighted by molar-refractivity contribution is 7.13. The normalized spacial score (nSPS) is 10.4. The molecule has 9 heteroatoms. The summed E-state index contributed by atoms with van der Waals surface area (Å²) in [4.78, 5) is 20.2. The van der Waals surface area contributed by atoms with Crippen molar-refractivity contribution in [1.82, 2.24) is 9.97 Å². The minimum atomic E-state index is -0.245. The van der Waals surface area contributed by atoms with Gasteiger partial charge in [0.05, 0.1) is 24.4 Å². The molecule has 172 valence electrons. The first kappa shape index (κ1) is 25.3. The summed E-state index contributed by atoms with van der Waals surface area (Å²) in [5.41, 5.74) is 3.74. The second kappa shape index (κ2) is 12.8. The summed E-state index contributed by atoms with van der Waals surface area (Å²) in [5.74, 6) is -0.245. The maximum Gasteiger partial charge on any atom is 0.311 e. The van der Waals surface area contributed by atoms with Gasteiger partial charge in [-0.1, -0.05) is 47.5 Å². The smallest absolute Gasteiger partial charge is 0.311 e. The molecule has 0 fully saturated rings. The number of ether oxygens (including phenoxy) is 1. The van der Waals surface area contributed by atoms with Gasteiger partial charge >= 0.3 is 5.97 Å². The Morgan fingerprint density at radius 3 is 1.85 bits per heavy atom. The standard InChI is InChI=1S/C13H12ClNO2S.C11H10ClNOS/c1-2-17-12(16)7-11-8-18-13(15-11)9-3-5-10(14)6-4-9;12-9-3-1-8(2-4-9)11-13-10(5-6-14)7-15-11/h3-6,8H,2,7H2,1H3;1-4,7,14H,5-6H2. The molecule has 0 spiro atoms. The molecule has 2 aromatic heterocycles. The Morgan fingerprint density at radius 2 is 1.36 bits per heavy atom. The summed E-state index contributed by atoms with van der Waals surface area (Å²) in [7, 11) is 0. The van der Waals surface area contributed by atoms with Crippen LogP contribution >= 0.6 is 45.9 Å². The molecular weight excluding hydrogens is 499 g/mol. The Bertz CT molecular complexity index is 1160. The van der Waals surface area contributed by atoms with Gasteiger partial charge in [-0.3, -0.25) is 4.79 Å². The van der Waals surface area contributed by atoms with Gasteiger partial charge in [0.25, 0.3) is 0 Å². The van der Waals surface area contributed by atoms with E-state index < -0.39 is 0 Å². The lowest BCUT2D eigenvalue weighted by Crippen LogP contribution is -2.07. The monoisotopic (exact) mass is 520 g/mol. The minimum Gasteiger partial charge on any atom is -0.466 e. The van der Waals surface area contributed by atoms with Crippen LogP contribution in [0, 0.1) is 0 Å². The van der Waals surface area contributed by atoms with Crippen LogP contribution in [-0.4, -0.2) is 34.3 Å². The molecule has 2 aromatic carbocycles. The number of rotatable bonds is 7. The van der Waals surface area contributed by atoms with Crippen molar-refractivity contribution in [3.05, 3.63) is 80.7 Å². The fraction of sp³-hybridized carbons (Fsp3) is 0.208. The topological polar surface area (TPSA) is 72.3 Å². The number of hydrogen-bond donors (Lipinski definition) is 1. The maximum absolute atomic E-state index is 11.3. The Morgan fingerprint density at radius 1 is 0.879 bits per heavy atom. The van der Waals surface area contributed by atoms with Crippen LogP contribution in [0.1, 0.15) is 18.3 Å². The molecule has 2 heterocycles. The van der Waals surface area contributed by atoms with E-state index in [4.69, 9.17) is 33.0 Å². The van der Waals surface area contributed by atoms with Crippen LogP contribution < -0.4 is 0 Å². The van der Waals surface area contributed by atoms with Crippen molar-refractivity contribution >= 4 is 51.8 Å². The third-order valence-electron chi connectivity index (χ3n) is 4.28. The zero-order valence-electron chi connectivity index (χ0n) is 17.8. The number of aliphatic hydroxyl groups is 1. The van der Waals surface area contributed by atoms with Crippen LogP contribution in [0.4, 0.5) is 0 Å². The first-order valence-corrected chi connectivity index (χ1v) is 12.7. The molecule has 0 saturated carbocycles. The number of thiazole rings is 2. The molecule has 1 N–H and O–H groups in total. The van der Waals surface area contributed by atoms with Gasteiger partial charge in [-0.05, 0) is 31.2 Å². The first-order chi connectivity index (χ1) is 16.0. The van der Waals surface area contributed by atoms with Crippen molar-refractivity contribution in [2.75, 3.05) is 13.2 Å². The van der Waals surface area contributed by atoms with Gasteiger partial charge in [0.1, 0.15) is 10.0 Å². The van der Waals surface area contributed by atoms with Crippen LogP contribution in [0.15, 0.2) is 59.3 Å². The molecular formula is C24H22Cl2N2O3S2. The number of hydrogen-bond acceptors (Lipinski definition) is 7. The van der Waals surface area contributed by atoms with E-state index in [2.05, 4.69) is 9.97 Å². The average Bonchev–Trinajstić information content (AvgIpc) is 3.46. The summed E-state index contributed by atoms with van der Waals surface area (Å²) in [6.07, 6.45) is 0.835. The molecule has 4 rings (SSSR count). The highest BCUT2D eigenvalue weighted by atomic mass is 35.5. The predicted octanol–water partition coefficient (Wildman–Crippen LogP) is 6.57. The van der Waals surface area contributed by atoms with Gasteiger partial charge in [-0.25, -0.2) is 9.97 Å². The largest absolute Gasteiger partial charge is 0.466 e. The van der Waals surface area contributed by atoms with Crippen LogP contribution in [0.3, 0.4) is 0 Å². The zero-order valence-corrected chi connectivity index (χ0v) is 21.0. The summed E-state index contributed by atoms with van der Waals surface area (Å²) < 4.78 is 4.88. The number of aliphatic hydroxyl groups excluding tert-OH is 1. The molecule has 0 bridgehead atoms. The molecule has 0 saturated heterocycles. The third kappa shape index (κ3) is 7.91. The molecule has 0 aliphatic heterocycles. The molecule has 33 heavy (non-hydrogen) atoms. The number of carbonyl (C=O) groups excluding carboxylic acids is 1. The lowest BCUT2D eigenvalue weighted by molar-refractivity contribution is -0.142. The Hall–Kier alpha value is -2.29. The lowest BCUT2D eigenvalue weighted by Gasteiger charge is -1.98. The van der Waals surface area contributed by atoms with Gasteiger partial charge in [-0.2, -0.15) is 0 Å². The van der Waals surface area contributed by atoms with Crippen LogP contribution in [0.5, 0.6) is 0 Å². The molecule has 4 aromatic rings. The third-order valence-corrected chi connectivity index (χ3v) is 6.67.